The summed E-state index contributed by atoms with van der Waals surface area (Å²) >= 11 is 1.46. The van der Waals surface area contributed by atoms with Gasteiger partial charge in [-0.15, -0.1) is 11.3 Å². The van der Waals surface area contributed by atoms with Crippen LogP contribution < -0.4 is 0 Å². The average Bonchev–Trinajstić information content (AvgIpc) is 2.99. The summed E-state index contributed by atoms with van der Waals surface area (Å²) in [6.07, 6.45) is 1.79. The average molecular weight is 308 g/mol. The van der Waals surface area contributed by atoms with Crippen LogP contribution in [0.4, 0.5) is 0 Å². The molecular formula is C16H24N2O2S. The molecule has 2 amide bonds. The fourth-order valence-electron chi connectivity index (χ4n) is 2.87. The zero-order valence-electron chi connectivity index (χ0n) is 13.0. The van der Waals surface area contributed by atoms with Crippen LogP contribution in [0.3, 0.4) is 0 Å². The maximum absolute atomic E-state index is 12.5. The highest BCUT2D eigenvalue weighted by Gasteiger charge is 2.30. The van der Waals surface area contributed by atoms with E-state index in [-0.39, 0.29) is 17.7 Å². The van der Waals surface area contributed by atoms with Gasteiger partial charge in [0.15, 0.2) is 0 Å². The predicted octanol–water partition coefficient (Wildman–Crippen LogP) is 2.71. The van der Waals surface area contributed by atoms with Crippen molar-refractivity contribution in [1.29, 1.82) is 0 Å². The minimum absolute atomic E-state index is 0.0496. The second-order valence-corrected chi connectivity index (χ2v) is 7.13. The van der Waals surface area contributed by atoms with Crippen LogP contribution in [0.25, 0.3) is 0 Å². The maximum atomic E-state index is 12.5. The molecule has 1 saturated heterocycles. The molecule has 1 aromatic rings. The van der Waals surface area contributed by atoms with Crippen LogP contribution in [0.1, 0.15) is 36.4 Å². The molecule has 1 fully saturated rings. The topological polar surface area (TPSA) is 40.6 Å². The van der Waals surface area contributed by atoms with E-state index in [0.717, 1.165) is 30.8 Å². The Morgan fingerprint density at radius 3 is 2.86 bits per heavy atom. The first-order chi connectivity index (χ1) is 9.99. The lowest BCUT2D eigenvalue weighted by atomic mass is 9.96. The van der Waals surface area contributed by atoms with Gasteiger partial charge in [-0.1, -0.05) is 19.9 Å². The second-order valence-electron chi connectivity index (χ2n) is 6.18. The van der Waals surface area contributed by atoms with Crippen molar-refractivity contribution in [3.8, 4) is 0 Å². The van der Waals surface area contributed by atoms with E-state index in [9.17, 15) is 9.59 Å². The number of likely N-dealkylation sites (tertiary alicyclic amines) is 1. The minimum atomic E-state index is -0.0496. The highest BCUT2D eigenvalue weighted by atomic mass is 32.1. The number of rotatable bonds is 4. The van der Waals surface area contributed by atoms with Gasteiger partial charge in [0, 0.05) is 26.7 Å². The Kier molecular flexibility index (Phi) is 5.39. The first-order valence-electron chi connectivity index (χ1n) is 7.56. The van der Waals surface area contributed by atoms with Crippen LogP contribution in [0.5, 0.6) is 0 Å². The molecule has 1 atom stereocenters. The van der Waals surface area contributed by atoms with E-state index in [0.29, 0.717) is 12.5 Å². The standard InChI is InChI=1S/C16H24N2O2S/c1-12(2)10-17(3)15(19)13-6-4-8-18(11-13)16(20)14-7-5-9-21-14/h5,7,9,12-13H,4,6,8,10-11H2,1-3H3. The molecule has 1 unspecified atom stereocenters. The fraction of sp³-hybridized carbons (Fsp3) is 0.625. The van der Waals surface area contributed by atoms with Crippen LogP contribution in [-0.4, -0.2) is 48.3 Å². The predicted molar refractivity (Wildman–Crippen MR) is 85.4 cm³/mol. The molecule has 0 aromatic carbocycles. The van der Waals surface area contributed by atoms with Gasteiger partial charge in [0.1, 0.15) is 0 Å². The summed E-state index contributed by atoms with van der Waals surface area (Å²) in [6, 6.07) is 3.74. The molecule has 1 aliphatic rings. The summed E-state index contributed by atoms with van der Waals surface area (Å²) in [6.45, 7) is 6.30. The summed E-state index contributed by atoms with van der Waals surface area (Å²) in [5.74, 6) is 0.652. The van der Waals surface area contributed by atoms with Crippen LogP contribution in [0.2, 0.25) is 0 Å². The summed E-state index contributed by atoms with van der Waals surface area (Å²) < 4.78 is 0. The zero-order valence-corrected chi connectivity index (χ0v) is 13.9. The van der Waals surface area contributed by atoms with E-state index in [4.69, 9.17) is 0 Å². The van der Waals surface area contributed by atoms with Crippen molar-refractivity contribution in [3.63, 3.8) is 0 Å². The van der Waals surface area contributed by atoms with Crippen molar-refractivity contribution in [2.75, 3.05) is 26.7 Å². The molecule has 21 heavy (non-hydrogen) atoms. The molecule has 2 rings (SSSR count). The Morgan fingerprint density at radius 1 is 1.48 bits per heavy atom. The van der Waals surface area contributed by atoms with E-state index >= 15 is 0 Å². The molecule has 116 valence electrons. The fourth-order valence-corrected chi connectivity index (χ4v) is 3.56. The molecule has 0 saturated carbocycles. The number of carbonyl (C=O) groups is 2. The van der Waals surface area contributed by atoms with Crippen molar-refractivity contribution >= 4 is 23.2 Å². The largest absolute Gasteiger partial charge is 0.345 e. The molecule has 1 aromatic heterocycles. The molecule has 0 aliphatic carbocycles. The van der Waals surface area contributed by atoms with Crippen molar-refractivity contribution in [2.45, 2.75) is 26.7 Å². The number of amides is 2. The van der Waals surface area contributed by atoms with E-state index < -0.39 is 0 Å². The van der Waals surface area contributed by atoms with Crippen LogP contribution >= 0.6 is 11.3 Å². The number of piperidine rings is 1. The number of thiophene rings is 1. The van der Waals surface area contributed by atoms with Crippen molar-refractivity contribution in [2.24, 2.45) is 11.8 Å². The monoisotopic (exact) mass is 308 g/mol. The summed E-state index contributed by atoms with van der Waals surface area (Å²) in [5.41, 5.74) is 0. The lowest BCUT2D eigenvalue weighted by Crippen LogP contribution is -2.46. The lowest BCUT2D eigenvalue weighted by Gasteiger charge is -2.34. The maximum Gasteiger partial charge on any atom is 0.263 e. The Labute approximate surface area is 130 Å². The third kappa shape index (κ3) is 4.06. The molecule has 0 N–H and O–H groups in total. The van der Waals surface area contributed by atoms with E-state index in [2.05, 4.69) is 13.8 Å². The Hall–Kier alpha value is -1.36. The van der Waals surface area contributed by atoms with Crippen LogP contribution in [0, 0.1) is 11.8 Å². The van der Waals surface area contributed by atoms with Crippen molar-refractivity contribution in [1.82, 2.24) is 9.80 Å². The SMILES string of the molecule is CC(C)CN(C)C(=O)C1CCCN(C(=O)c2cccs2)C1. The van der Waals surface area contributed by atoms with E-state index in [1.165, 1.54) is 11.3 Å². The normalized spacial score (nSPS) is 18.9. The Bertz CT molecular complexity index is 484. The van der Waals surface area contributed by atoms with Gasteiger partial charge < -0.3 is 9.80 Å². The molecule has 4 nitrogen and oxygen atoms in total. The third-order valence-electron chi connectivity index (χ3n) is 3.81. The molecule has 2 heterocycles. The highest BCUT2D eigenvalue weighted by Crippen LogP contribution is 2.22. The number of hydrogen-bond donors (Lipinski definition) is 0. The third-order valence-corrected chi connectivity index (χ3v) is 4.66. The summed E-state index contributed by atoms with van der Waals surface area (Å²) in [4.78, 5) is 29.3. The molecule has 0 spiro atoms. The Balaban J connectivity index is 1.97. The summed E-state index contributed by atoms with van der Waals surface area (Å²) in [7, 11) is 1.86. The molecule has 1 aliphatic heterocycles. The quantitative estimate of drug-likeness (QED) is 0.858. The van der Waals surface area contributed by atoms with Gasteiger partial charge in [-0.05, 0) is 30.2 Å². The van der Waals surface area contributed by atoms with Gasteiger partial charge in [0.25, 0.3) is 5.91 Å². The molecule has 5 heteroatoms. The van der Waals surface area contributed by atoms with Crippen LogP contribution in [-0.2, 0) is 4.79 Å². The lowest BCUT2D eigenvalue weighted by molar-refractivity contribution is -0.136. The number of nitrogens with zero attached hydrogens (tertiary/aromatic N) is 2. The van der Waals surface area contributed by atoms with E-state index in [1.54, 1.807) is 0 Å². The van der Waals surface area contributed by atoms with Crippen molar-refractivity contribution in [3.05, 3.63) is 22.4 Å². The second kappa shape index (κ2) is 7.07. The molecular weight excluding hydrogens is 284 g/mol. The molecule has 0 bridgehead atoms. The summed E-state index contributed by atoms with van der Waals surface area (Å²) in [5, 5.41) is 1.91. The number of hydrogen-bond acceptors (Lipinski definition) is 3. The van der Waals surface area contributed by atoms with Gasteiger partial charge >= 0.3 is 0 Å². The van der Waals surface area contributed by atoms with Gasteiger partial charge in [-0.2, -0.15) is 0 Å². The smallest absolute Gasteiger partial charge is 0.263 e. The van der Waals surface area contributed by atoms with Gasteiger partial charge in [0.2, 0.25) is 5.91 Å². The molecule has 0 radical (unpaired) electrons. The van der Waals surface area contributed by atoms with Gasteiger partial charge in [-0.3, -0.25) is 9.59 Å². The van der Waals surface area contributed by atoms with Crippen molar-refractivity contribution < 1.29 is 9.59 Å². The minimum Gasteiger partial charge on any atom is -0.345 e. The van der Waals surface area contributed by atoms with Gasteiger partial charge in [0.05, 0.1) is 10.8 Å². The van der Waals surface area contributed by atoms with Gasteiger partial charge in [-0.25, -0.2) is 0 Å². The first-order valence-corrected chi connectivity index (χ1v) is 8.44. The Morgan fingerprint density at radius 2 is 2.24 bits per heavy atom. The highest BCUT2D eigenvalue weighted by molar-refractivity contribution is 7.12. The zero-order chi connectivity index (χ0) is 15.4. The van der Waals surface area contributed by atoms with Crippen LogP contribution in [0.15, 0.2) is 17.5 Å². The first kappa shape index (κ1) is 16.0. The van der Waals surface area contributed by atoms with E-state index in [1.807, 2.05) is 34.4 Å². The number of carbonyl (C=O) groups excluding carboxylic acids is 2.